The van der Waals surface area contributed by atoms with Crippen LogP contribution in [-0.4, -0.2) is 18.6 Å². The summed E-state index contributed by atoms with van der Waals surface area (Å²) in [5, 5.41) is 1.25. The Hall–Kier alpha value is -0.246. The van der Waals surface area contributed by atoms with Gasteiger partial charge in [0.2, 0.25) is 0 Å². The van der Waals surface area contributed by atoms with Crippen molar-refractivity contribution in [1.29, 1.82) is 0 Å². The fourth-order valence-corrected chi connectivity index (χ4v) is 2.29. The van der Waals surface area contributed by atoms with Crippen molar-refractivity contribution in [1.82, 2.24) is 4.98 Å². The van der Waals surface area contributed by atoms with Crippen LogP contribution in [0, 0.1) is 56.3 Å². The maximum atomic E-state index is 4.51. The number of hydrogen-bond donors (Lipinski definition) is 0. The van der Waals surface area contributed by atoms with Crippen LogP contribution in [0.4, 0.5) is 5.69 Å². The first-order chi connectivity index (χ1) is 7.77. The van der Waals surface area contributed by atoms with Crippen molar-refractivity contribution in [3.8, 4) is 0 Å². The van der Waals surface area contributed by atoms with E-state index in [-0.39, 0.29) is 49.4 Å². The number of pyridine rings is 1. The smallest absolute Gasteiger partial charge is 0.0797 e. The van der Waals surface area contributed by atoms with Crippen LogP contribution in [-0.2, 0) is 0 Å². The molecular weight excluding hydrogens is 348 g/mol. The van der Waals surface area contributed by atoms with Gasteiger partial charge in [-0.05, 0) is 24.6 Å². The molecule has 2 heterocycles. The van der Waals surface area contributed by atoms with Gasteiger partial charge in [-0.2, -0.15) is 0 Å². The third kappa shape index (κ3) is 2.21. The molecule has 2 nitrogen and oxygen atoms in total. The van der Waals surface area contributed by atoms with Crippen molar-refractivity contribution < 1.29 is 49.4 Å². The molecule has 2 aromatic rings. The number of anilines is 1. The SMILES string of the molecule is Cc1ccnc2c3c(ccc12)N(C)CC=C3.[Eu]. The van der Waals surface area contributed by atoms with Crippen molar-refractivity contribution in [2.24, 2.45) is 0 Å². The number of fused-ring (bicyclic) bond motifs is 3. The summed E-state index contributed by atoms with van der Waals surface area (Å²) in [6.07, 6.45) is 6.26. The molecule has 0 aliphatic carbocycles. The van der Waals surface area contributed by atoms with Crippen LogP contribution < -0.4 is 4.90 Å². The molecule has 1 radical (unpaired) electrons. The average Bonchev–Trinajstić information content (AvgIpc) is 2.30. The molecule has 87 valence electrons. The number of aromatic nitrogens is 1. The van der Waals surface area contributed by atoms with E-state index in [1.54, 1.807) is 0 Å². The molecule has 0 spiro atoms. The maximum Gasteiger partial charge on any atom is 0.0797 e. The third-order valence-electron chi connectivity index (χ3n) is 3.22. The van der Waals surface area contributed by atoms with E-state index in [4.69, 9.17) is 0 Å². The zero-order chi connectivity index (χ0) is 11.1. The second-order valence-electron chi connectivity index (χ2n) is 4.31. The van der Waals surface area contributed by atoms with E-state index >= 15 is 0 Å². The second kappa shape index (κ2) is 5.17. The Morgan fingerprint density at radius 2 is 2.06 bits per heavy atom. The Morgan fingerprint density at radius 1 is 1.24 bits per heavy atom. The predicted molar refractivity (Wildman–Crippen MR) is 68.8 cm³/mol. The van der Waals surface area contributed by atoms with E-state index < -0.39 is 0 Å². The first-order valence-corrected chi connectivity index (χ1v) is 5.53. The summed E-state index contributed by atoms with van der Waals surface area (Å²) in [6, 6.07) is 6.42. The molecule has 3 heteroatoms. The van der Waals surface area contributed by atoms with E-state index in [2.05, 4.69) is 54.2 Å². The number of aryl methyl sites for hydroxylation is 1. The minimum atomic E-state index is 0. The van der Waals surface area contributed by atoms with Gasteiger partial charge in [-0.15, -0.1) is 0 Å². The average molecular weight is 362 g/mol. The van der Waals surface area contributed by atoms with Gasteiger partial charge in [0.25, 0.3) is 0 Å². The van der Waals surface area contributed by atoms with E-state index in [1.165, 1.54) is 22.2 Å². The Labute approximate surface area is 142 Å². The molecule has 0 N–H and O–H groups in total. The third-order valence-corrected chi connectivity index (χ3v) is 3.22. The van der Waals surface area contributed by atoms with Crippen LogP contribution in [0.2, 0.25) is 0 Å². The van der Waals surface area contributed by atoms with Gasteiger partial charge >= 0.3 is 0 Å². The molecule has 0 fully saturated rings. The van der Waals surface area contributed by atoms with E-state index in [0.717, 1.165) is 12.1 Å². The monoisotopic (exact) mass is 363 g/mol. The summed E-state index contributed by atoms with van der Waals surface area (Å²) in [5.74, 6) is 0. The van der Waals surface area contributed by atoms with Gasteiger partial charge in [0.05, 0.1) is 5.52 Å². The summed E-state index contributed by atoms with van der Waals surface area (Å²) in [6.45, 7) is 3.11. The number of likely N-dealkylation sites (N-methyl/N-ethyl adjacent to an activating group) is 1. The summed E-state index contributed by atoms with van der Waals surface area (Å²) in [7, 11) is 2.12. The molecule has 3 rings (SSSR count). The molecule has 1 aromatic carbocycles. The summed E-state index contributed by atoms with van der Waals surface area (Å²) in [5.41, 5.74) is 4.91. The van der Waals surface area contributed by atoms with Crippen LogP contribution in [0.1, 0.15) is 11.1 Å². The molecule has 0 saturated heterocycles. The number of rotatable bonds is 0. The van der Waals surface area contributed by atoms with Gasteiger partial charge in [0.1, 0.15) is 0 Å². The fourth-order valence-electron chi connectivity index (χ4n) is 2.29. The fraction of sp³-hybridized carbons (Fsp3) is 0.214. The van der Waals surface area contributed by atoms with Crippen molar-refractivity contribution in [2.75, 3.05) is 18.5 Å². The van der Waals surface area contributed by atoms with Gasteiger partial charge in [-0.1, -0.05) is 18.2 Å². The van der Waals surface area contributed by atoms with E-state index in [0.29, 0.717) is 0 Å². The van der Waals surface area contributed by atoms with E-state index in [9.17, 15) is 0 Å². The molecule has 0 bridgehead atoms. The van der Waals surface area contributed by atoms with Crippen molar-refractivity contribution in [3.05, 3.63) is 41.6 Å². The van der Waals surface area contributed by atoms with Crippen molar-refractivity contribution >= 4 is 22.7 Å². The second-order valence-corrected chi connectivity index (χ2v) is 4.31. The standard InChI is InChI=1S/C14H14N2.Eu/c1-10-7-8-15-14-11(10)5-6-13-12(14)4-3-9-16(13)2;/h3-8H,9H2,1-2H3;. The van der Waals surface area contributed by atoms with Gasteiger partial charge in [-0.25, -0.2) is 0 Å². The topological polar surface area (TPSA) is 16.1 Å². The van der Waals surface area contributed by atoms with E-state index in [1.807, 2.05) is 6.20 Å². The normalized spacial score (nSPS) is 13.4. The van der Waals surface area contributed by atoms with Crippen molar-refractivity contribution in [2.45, 2.75) is 6.92 Å². The van der Waals surface area contributed by atoms with Crippen LogP contribution in [0.5, 0.6) is 0 Å². The zero-order valence-electron chi connectivity index (χ0n) is 9.94. The summed E-state index contributed by atoms with van der Waals surface area (Å²) < 4.78 is 0. The number of hydrogen-bond acceptors (Lipinski definition) is 2. The summed E-state index contributed by atoms with van der Waals surface area (Å²) in [4.78, 5) is 6.76. The van der Waals surface area contributed by atoms with Crippen LogP contribution >= 0.6 is 0 Å². The van der Waals surface area contributed by atoms with Crippen LogP contribution in [0.15, 0.2) is 30.5 Å². The van der Waals surface area contributed by atoms with Gasteiger partial charge in [0.15, 0.2) is 0 Å². The minimum Gasteiger partial charge on any atom is -0.370 e. The number of nitrogens with zero attached hydrogens (tertiary/aromatic N) is 2. The molecular formula is C14H14EuN2. The summed E-state index contributed by atoms with van der Waals surface area (Å²) >= 11 is 0. The molecule has 0 unspecified atom stereocenters. The first kappa shape index (κ1) is 13.2. The van der Waals surface area contributed by atoms with Gasteiger partial charge < -0.3 is 4.90 Å². The molecule has 1 aliphatic rings. The number of benzene rings is 1. The molecule has 0 saturated carbocycles. The molecule has 1 aromatic heterocycles. The molecule has 0 amide bonds. The van der Waals surface area contributed by atoms with Crippen molar-refractivity contribution in [3.63, 3.8) is 0 Å². The largest absolute Gasteiger partial charge is 0.370 e. The Bertz CT molecular complexity index is 590. The molecule has 17 heavy (non-hydrogen) atoms. The van der Waals surface area contributed by atoms with Gasteiger partial charge in [-0.3, -0.25) is 4.98 Å². The Balaban J connectivity index is 0.00000108. The van der Waals surface area contributed by atoms with Crippen LogP contribution in [0.3, 0.4) is 0 Å². The van der Waals surface area contributed by atoms with Crippen LogP contribution in [0.25, 0.3) is 17.0 Å². The first-order valence-electron chi connectivity index (χ1n) is 5.53. The molecule has 0 atom stereocenters. The quantitative estimate of drug-likeness (QED) is 0.716. The Morgan fingerprint density at radius 3 is 2.88 bits per heavy atom. The maximum absolute atomic E-state index is 4.51. The minimum absolute atomic E-state index is 0. The van der Waals surface area contributed by atoms with Gasteiger partial charge in [0, 0.05) is 85.8 Å². The Kier molecular flexibility index (Phi) is 4.01. The zero-order valence-corrected chi connectivity index (χ0v) is 12.4. The molecule has 1 aliphatic heterocycles. The predicted octanol–water partition coefficient (Wildman–Crippen LogP) is 3.01.